The molecule has 0 radical (unpaired) electrons. The summed E-state index contributed by atoms with van der Waals surface area (Å²) in [6.45, 7) is 2.75. The zero-order chi connectivity index (χ0) is 11.8. The number of hydrogen-bond acceptors (Lipinski definition) is 3. The highest BCUT2D eigenvalue weighted by molar-refractivity contribution is 5.48. The van der Waals surface area contributed by atoms with Crippen molar-refractivity contribution in [3.63, 3.8) is 0 Å². The summed E-state index contributed by atoms with van der Waals surface area (Å²) in [5.74, 6) is 1.75. The molecular formula is C14H15NO2. The molecule has 1 unspecified atom stereocenters. The van der Waals surface area contributed by atoms with E-state index in [4.69, 9.17) is 14.9 Å². The molecular weight excluding hydrogens is 214 g/mol. The van der Waals surface area contributed by atoms with Crippen LogP contribution in [0.5, 0.6) is 5.75 Å². The van der Waals surface area contributed by atoms with Gasteiger partial charge in [0, 0.05) is 12.0 Å². The molecule has 0 fully saturated rings. The molecule has 0 saturated heterocycles. The molecule has 0 aliphatic carbocycles. The van der Waals surface area contributed by atoms with E-state index in [0.717, 1.165) is 35.7 Å². The summed E-state index contributed by atoms with van der Waals surface area (Å²) in [4.78, 5) is 0. The van der Waals surface area contributed by atoms with Gasteiger partial charge >= 0.3 is 0 Å². The Morgan fingerprint density at radius 1 is 1.29 bits per heavy atom. The fourth-order valence-electron chi connectivity index (χ4n) is 2.33. The van der Waals surface area contributed by atoms with Crippen molar-refractivity contribution in [2.24, 2.45) is 5.73 Å². The number of fused-ring (bicyclic) bond motifs is 1. The van der Waals surface area contributed by atoms with Crippen LogP contribution in [0.15, 0.2) is 34.9 Å². The van der Waals surface area contributed by atoms with Gasteiger partial charge in [-0.2, -0.15) is 0 Å². The zero-order valence-electron chi connectivity index (χ0n) is 9.77. The fourth-order valence-corrected chi connectivity index (χ4v) is 2.33. The summed E-state index contributed by atoms with van der Waals surface area (Å²) in [6.07, 6.45) is 2.64. The maximum atomic E-state index is 6.26. The highest BCUT2D eigenvalue weighted by Gasteiger charge is 2.23. The van der Waals surface area contributed by atoms with E-state index in [-0.39, 0.29) is 6.04 Å². The van der Waals surface area contributed by atoms with Crippen molar-refractivity contribution in [3.05, 3.63) is 53.0 Å². The molecule has 17 heavy (non-hydrogen) atoms. The van der Waals surface area contributed by atoms with Gasteiger partial charge in [0.25, 0.3) is 0 Å². The summed E-state index contributed by atoms with van der Waals surface area (Å²) in [5, 5.41) is 0. The van der Waals surface area contributed by atoms with E-state index in [1.807, 2.05) is 25.1 Å². The second-order valence-electron chi connectivity index (χ2n) is 4.38. The minimum Gasteiger partial charge on any atom is -0.493 e. The minimum absolute atomic E-state index is 0.252. The first-order valence-electron chi connectivity index (χ1n) is 5.81. The molecule has 2 N–H and O–H groups in total. The Kier molecular flexibility index (Phi) is 2.41. The Hall–Kier alpha value is -1.74. The molecule has 1 aliphatic heterocycles. The maximum Gasteiger partial charge on any atom is 0.128 e. The standard InChI is InChI=1S/C14H15NO2/c1-9-5-7-16-13(9)12(15)11-4-2-3-10-6-8-17-14(10)11/h2-5,7,12H,6,8,15H2,1H3. The summed E-state index contributed by atoms with van der Waals surface area (Å²) in [5.41, 5.74) is 9.59. The third-order valence-corrected chi connectivity index (χ3v) is 3.26. The third kappa shape index (κ3) is 1.63. The molecule has 0 amide bonds. The monoisotopic (exact) mass is 229 g/mol. The molecule has 1 aliphatic rings. The highest BCUT2D eigenvalue weighted by Crippen LogP contribution is 2.35. The lowest BCUT2D eigenvalue weighted by molar-refractivity contribution is 0.350. The molecule has 1 atom stereocenters. The summed E-state index contributed by atoms with van der Waals surface area (Å²) in [6, 6.07) is 7.81. The molecule has 0 saturated carbocycles. The van der Waals surface area contributed by atoms with E-state index >= 15 is 0 Å². The second kappa shape index (κ2) is 3.93. The Morgan fingerprint density at radius 2 is 2.18 bits per heavy atom. The molecule has 1 aromatic carbocycles. The van der Waals surface area contributed by atoms with Crippen molar-refractivity contribution in [1.29, 1.82) is 0 Å². The molecule has 0 bridgehead atoms. The van der Waals surface area contributed by atoms with Crippen LogP contribution in [-0.4, -0.2) is 6.61 Å². The number of hydrogen-bond donors (Lipinski definition) is 1. The van der Waals surface area contributed by atoms with Gasteiger partial charge in [-0.05, 0) is 24.1 Å². The van der Waals surface area contributed by atoms with Gasteiger partial charge in [0.05, 0.1) is 18.9 Å². The molecule has 3 rings (SSSR count). The number of ether oxygens (including phenoxy) is 1. The number of rotatable bonds is 2. The van der Waals surface area contributed by atoms with Gasteiger partial charge in [-0.15, -0.1) is 0 Å². The summed E-state index contributed by atoms with van der Waals surface area (Å²) < 4.78 is 11.1. The van der Waals surface area contributed by atoms with Crippen molar-refractivity contribution in [2.45, 2.75) is 19.4 Å². The van der Waals surface area contributed by atoms with Crippen LogP contribution >= 0.6 is 0 Å². The molecule has 2 aromatic rings. The first-order valence-corrected chi connectivity index (χ1v) is 5.81. The largest absolute Gasteiger partial charge is 0.493 e. The summed E-state index contributed by atoms with van der Waals surface area (Å²) in [7, 11) is 0. The number of nitrogens with two attached hydrogens (primary N) is 1. The molecule has 1 aromatic heterocycles. The normalized spacial score (nSPS) is 15.4. The highest BCUT2D eigenvalue weighted by atomic mass is 16.5. The maximum absolute atomic E-state index is 6.26. The van der Waals surface area contributed by atoms with Gasteiger partial charge in [-0.3, -0.25) is 0 Å². The first kappa shape index (κ1) is 10.4. The van der Waals surface area contributed by atoms with Crippen LogP contribution in [0.1, 0.15) is 28.5 Å². The van der Waals surface area contributed by atoms with Crippen LogP contribution in [0.4, 0.5) is 0 Å². The quantitative estimate of drug-likeness (QED) is 0.861. The molecule has 3 nitrogen and oxygen atoms in total. The van der Waals surface area contributed by atoms with E-state index in [1.54, 1.807) is 6.26 Å². The van der Waals surface area contributed by atoms with Gasteiger partial charge in [0.2, 0.25) is 0 Å². The van der Waals surface area contributed by atoms with E-state index in [2.05, 4.69) is 6.07 Å². The van der Waals surface area contributed by atoms with Crippen LogP contribution in [0, 0.1) is 6.92 Å². The average molecular weight is 229 g/mol. The number of benzene rings is 1. The van der Waals surface area contributed by atoms with Crippen molar-refractivity contribution >= 4 is 0 Å². The number of para-hydroxylation sites is 1. The van der Waals surface area contributed by atoms with Crippen LogP contribution < -0.4 is 10.5 Å². The zero-order valence-corrected chi connectivity index (χ0v) is 9.77. The molecule has 88 valence electrons. The van der Waals surface area contributed by atoms with Crippen LogP contribution in [0.25, 0.3) is 0 Å². The summed E-state index contributed by atoms with van der Waals surface area (Å²) >= 11 is 0. The van der Waals surface area contributed by atoms with Crippen molar-refractivity contribution in [3.8, 4) is 5.75 Å². The Balaban J connectivity index is 2.05. The van der Waals surface area contributed by atoms with Crippen LogP contribution in [0.2, 0.25) is 0 Å². The SMILES string of the molecule is Cc1ccoc1C(N)c1cccc2c1OCC2. The number of furan rings is 1. The average Bonchev–Trinajstić information content (AvgIpc) is 2.95. The lowest BCUT2D eigenvalue weighted by Crippen LogP contribution is -2.13. The van der Waals surface area contributed by atoms with E-state index in [9.17, 15) is 0 Å². The Morgan fingerprint density at radius 3 is 2.94 bits per heavy atom. The lowest BCUT2D eigenvalue weighted by Gasteiger charge is -2.14. The first-order chi connectivity index (χ1) is 8.27. The van der Waals surface area contributed by atoms with Crippen molar-refractivity contribution < 1.29 is 9.15 Å². The topological polar surface area (TPSA) is 48.4 Å². The molecule has 2 heterocycles. The fraction of sp³-hybridized carbons (Fsp3) is 0.286. The van der Waals surface area contributed by atoms with Gasteiger partial charge in [-0.1, -0.05) is 18.2 Å². The van der Waals surface area contributed by atoms with Gasteiger partial charge in [0.1, 0.15) is 11.5 Å². The Bertz CT molecular complexity index is 545. The van der Waals surface area contributed by atoms with Crippen LogP contribution in [-0.2, 0) is 6.42 Å². The lowest BCUT2D eigenvalue weighted by atomic mass is 9.99. The number of aryl methyl sites for hydroxylation is 1. The smallest absolute Gasteiger partial charge is 0.128 e. The van der Waals surface area contributed by atoms with E-state index in [0.29, 0.717) is 0 Å². The second-order valence-corrected chi connectivity index (χ2v) is 4.38. The van der Waals surface area contributed by atoms with Crippen molar-refractivity contribution in [2.75, 3.05) is 6.61 Å². The predicted octanol–water partition coefficient (Wildman–Crippen LogP) is 2.57. The van der Waals surface area contributed by atoms with E-state index < -0.39 is 0 Å². The minimum atomic E-state index is -0.252. The third-order valence-electron chi connectivity index (χ3n) is 3.26. The Labute approximate surface area is 100 Å². The molecule has 0 spiro atoms. The molecule has 3 heteroatoms. The van der Waals surface area contributed by atoms with Gasteiger partial charge < -0.3 is 14.9 Å². The predicted molar refractivity (Wildman–Crippen MR) is 65.1 cm³/mol. The van der Waals surface area contributed by atoms with Gasteiger partial charge in [0.15, 0.2) is 0 Å². The van der Waals surface area contributed by atoms with Crippen LogP contribution in [0.3, 0.4) is 0 Å². The van der Waals surface area contributed by atoms with E-state index in [1.165, 1.54) is 5.56 Å². The van der Waals surface area contributed by atoms with Gasteiger partial charge in [-0.25, -0.2) is 0 Å². The van der Waals surface area contributed by atoms with Crippen molar-refractivity contribution in [1.82, 2.24) is 0 Å².